The van der Waals surface area contributed by atoms with Gasteiger partial charge in [-0.2, -0.15) is 10.1 Å². The van der Waals surface area contributed by atoms with Gasteiger partial charge in [0.2, 0.25) is 17.7 Å². The van der Waals surface area contributed by atoms with Crippen molar-refractivity contribution in [3.63, 3.8) is 0 Å². The van der Waals surface area contributed by atoms with Gasteiger partial charge in [0, 0.05) is 56.1 Å². The highest BCUT2D eigenvalue weighted by atomic mass is 16.5. The van der Waals surface area contributed by atoms with Crippen LogP contribution in [0.3, 0.4) is 0 Å². The summed E-state index contributed by atoms with van der Waals surface area (Å²) < 4.78 is 17.8. The smallest absolute Gasteiger partial charge is 0.331 e. The fraction of sp³-hybridized carbons (Fsp3) is 0.387. The van der Waals surface area contributed by atoms with Crippen molar-refractivity contribution >= 4 is 29.1 Å². The van der Waals surface area contributed by atoms with Gasteiger partial charge >= 0.3 is 6.03 Å². The summed E-state index contributed by atoms with van der Waals surface area (Å²) in [5.41, 5.74) is 3.43. The van der Waals surface area contributed by atoms with Crippen LogP contribution >= 0.6 is 0 Å². The van der Waals surface area contributed by atoms with Crippen LogP contribution in [0.4, 0.5) is 16.4 Å². The molecule has 12 heteroatoms. The second-order valence-corrected chi connectivity index (χ2v) is 10.8. The summed E-state index contributed by atoms with van der Waals surface area (Å²) in [7, 11) is 4.74. The van der Waals surface area contributed by atoms with Crippen LogP contribution in [0.2, 0.25) is 0 Å². The van der Waals surface area contributed by atoms with Crippen LogP contribution in [-0.2, 0) is 17.8 Å². The van der Waals surface area contributed by atoms with E-state index in [-0.39, 0.29) is 24.9 Å². The molecule has 4 aromatic rings. The van der Waals surface area contributed by atoms with Crippen LogP contribution in [0.1, 0.15) is 30.4 Å². The molecule has 2 saturated heterocycles. The first-order chi connectivity index (χ1) is 21.0. The summed E-state index contributed by atoms with van der Waals surface area (Å²) in [6.45, 7) is 2.15. The molecule has 0 radical (unpaired) electrons. The Hall–Kier alpha value is -4.87. The third kappa shape index (κ3) is 5.77. The quantitative estimate of drug-likeness (QED) is 0.288. The lowest BCUT2D eigenvalue weighted by atomic mass is 9.90. The molecule has 12 nitrogen and oxygen atoms in total. The molecule has 1 aromatic carbocycles. The molecule has 0 aliphatic carbocycles. The molecule has 2 aliphatic heterocycles. The van der Waals surface area contributed by atoms with Crippen molar-refractivity contribution in [3.8, 4) is 17.4 Å². The van der Waals surface area contributed by atoms with Crippen LogP contribution in [0.15, 0.2) is 55.0 Å². The number of anilines is 2. The topological polar surface area (TPSA) is 115 Å². The first-order valence-electron chi connectivity index (χ1n) is 14.4. The van der Waals surface area contributed by atoms with E-state index in [0.717, 1.165) is 43.4 Å². The van der Waals surface area contributed by atoms with Crippen molar-refractivity contribution in [1.82, 2.24) is 24.5 Å². The van der Waals surface area contributed by atoms with Gasteiger partial charge in [-0.3, -0.25) is 14.6 Å². The van der Waals surface area contributed by atoms with Crippen molar-refractivity contribution < 1.29 is 23.8 Å². The number of urea groups is 1. The maximum Gasteiger partial charge on any atom is 0.331 e. The second kappa shape index (κ2) is 12.2. The Balaban J connectivity index is 1.16. The minimum atomic E-state index is -0.374. The largest absolute Gasteiger partial charge is 0.497 e. The maximum absolute atomic E-state index is 13.7. The van der Waals surface area contributed by atoms with Crippen molar-refractivity contribution in [1.29, 1.82) is 0 Å². The molecule has 43 heavy (non-hydrogen) atoms. The van der Waals surface area contributed by atoms with Crippen molar-refractivity contribution in [2.75, 3.05) is 50.8 Å². The number of hydrogen-bond donors (Lipinski definition) is 0. The molecule has 5 heterocycles. The van der Waals surface area contributed by atoms with Gasteiger partial charge in [-0.1, -0.05) is 0 Å². The molecule has 224 valence electrons. The summed E-state index contributed by atoms with van der Waals surface area (Å²) in [6.07, 6.45) is 8.55. The van der Waals surface area contributed by atoms with Crippen LogP contribution in [0.25, 0.3) is 5.52 Å². The summed E-state index contributed by atoms with van der Waals surface area (Å²) in [4.78, 5) is 40.6. The molecular formula is C31H35N7O5. The summed E-state index contributed by atoms with van der Waals surface area (Å²) >= 11 is 0. The minimum absolute atomic E-state index is 0.102. The predicted molar refractivity (Wildman–Crippen MR) is 160 cm³/mol. The lowest BCUT2D eigenvalue weighted by molar-refractivity contribution is -0.129. The number of fused-ring (bicyclic) bond motifs is 1. The summed E-state index contributed by atoms with van der Waals surface area (Å²) in [6, 6.07) is 10.9. The van der Waals surface area contributed by atoms with Crippen molar-refractivity contribution in [2.24, 2.45) is 5.92 Å². The highest BCUT2D eigenvalue weighted by Crippen LogP contribution is 2.31. The van der Waals surface area contributed by atoms with Gasteiger partial charge in [-0.15, -0.1) is 0 Å². The minimum Gasteiger partial charge on any atom is -0.497 e. The molecule has 3 aromatic heterocycles. The number of imide groups is 1. The van der Waals surface area contributed by atoms with Crippen LogP contribution in [-0.4, -0.2) is 77.4 Å². The van der Waals surface area contributed by atoms with Gasteiger partial charge in [0.15, 0.2) is 0 Å². The fourth-order valence-electron chi connectivity index (χ4n) is 5.84. The van der Waals surface area contributed by atoms with Crippen molar-refractivity contribution in [2.45, 2.75) is 32.2 Å². The van der Waals surface area contributed by atoms with E-state index in [1.165, 1.54) is 10.5 Å². The van der Waals surface area contributed by atoms with Crippen LogP contribution in [0.5, 0.6) is 17.4 Å². The molecule has 0 saturated carbocycles. The van der Waals surface area contributed by atoms with Crippen LogP contribution < -0.4 is 24.0 Å². The Morgan fingerprint density at radius 2 is 1.79 bits per heavy atom. The van der Waals surface area contributed by atoms with E-state index < -0.39 is 0 Å². The highest BCUT2D eigenvalue weighted by molar-refractivity contribution is 6.07. The average molecular weight is 586 g/mol. The van der Waals surface area contributed by atoms with E-state index in [4.69, 9.17) is 14.2 Å². The number of hydrogen-bond acceptors (Lipinski definition) is 9. The van der Waals surface area contributed by atoms with Gasteiger partial charge < -0.3 is 19.1 Å². The Kier molecular flexibility index (Phi) is 7.99. The predicted octanol–water partition coefficient (Wildman–Crippen LogP) is 3.97. The second-order valence-electron chi connectivity index (χ2n) is 10.8. The molecule has 0 bridgehead atoms. The molecule has 0 atom stereocenters. The number of piperidine rings is 1. The van der Waals surface area contributed by atoms with E-state index in [9.17, 15) is 9.59 Å². The first-order valence-corrected chi connectivity index (χ1v) is 14.4. The number of methoxy groups -OCH3 is 3. The standard InChI is InChI=1S/C31H35N7O5/c1-41-24-5-4-23(27(18-24)42-2)20-37-29(39)10-14-36(31(37)40)26-19-33-38-15-9-22(17-25(26)38)16-21-7-12-35(13-8-21)30-32-11-6-28(34-30)43-3/h4-6,9,11,15,17-19,21H,7-8,10,12-14,16,20H2,1-3H3. The number of pyridine rings is 1. The molecule has 2 aliphatic rings. The zero-order valence-corrected chi connectivity index (χ0v) is 24.6. The number of aromatic nitrogens is 4. The molecule has 2 fully saturated rings. The Morgan fingerprint density at radius 3 is 2.56 bits per heavy atom. The van der Waals surface area contributed by atoms with E-state index in [0.29, 0.717) is 41.5 Å². The number of ether oxygens (including phenoxy) is 3. The van der Waals surface area contributed by atoms with Gasteiger partial charge in [-0.05, 0) is 55.0 Å². The average Bonchev–Trinajstić information content (AvgIpc) is 3.46. The van der Waals surface area contributed by atoms with E-state index in [1.54, 1.807) is 61.3 Å². The van der Waals surface area contributed by atoms with Crippen molar-refractivity contribution in [3.05, 3.63) is 66.1 Å². The molecule has 0 unspecified atom stereocenters. The van der Waals surface area contributed by atoms with E-state index in [2.05, 4.69) is 32.1 Å². The molecule has 0 spiro atoms. The maximum atomic E-state index is 13.7. The Morgan fingerprint density at radius 1 is 0.953 bits per heavy atom. The van der Waals surface area contributed by atoms with Gasteiger partial charge in [0.25, 0.3) is 0 Å². The van der Waals surface area contributed by atoms with Gasteiger partial charge in [0.05, 0.1) is 45.3 Å². The van der Waals surface area contributed by atoms with Gasteiger partial charge in [-0.25, -0.2) is 14.3 Å². The van der Waals surface area contributed by atoms with Crippen LogP contribution in [0, 0.1) is 5.92 Å². The lowest BCUT2D eigenvalue weighted by Gasteiger charge is -2.34. The molecular weight excluding hydrogens is 550 g/mol. The highest BCUT2D eigenvalue weighted by Gasteiger charge is 2.35. The fourth-order valence-corrected chi connectivity index (χ4v) is 5.84. The normalized spacial score (nSPS) is 16.2. The summed E-state index contributed by atoms with van der Waals surface area (Å²) in [5, 5.41) is 4.50. The molecule has 0 N–H and O–H groups in total. The number of carbonyl (C=O) groups excluding carboxylic acids is 2. The third-order valence-electron chi connectivity index (χ3n) is 8.24. The lowest BCUT2D eigenvalue weighted by Crippen LogP contribution is -2.52. The third-order valence-corrected chi connectivity index (χ3v) is 8.24. The number of carbonyl (C=O) groups is 2. The van der Waals surface area contributed by atoms with E-state index in [1.807, 2.05) is 12.3 Å². The van der Waals surface area contributed by atoms with Gasteiger partial charge in [0.1, 0.15) is 11.5 Å². The first kappa shape index (κ1) is 28.3. The number of benzene rings is 1. The Bertz CT molecular complexity index is 1630. The summed E-state index contributed by atoms with van der Waals surface area (Å²) in [5.74, 6) is 2.75. The zero-order valence-electron chi connectivity index (χ0n) is 24.6. The number of nitrogens with zero attached hydrogens (tertiary/aromatic N) is 7. The zero-order chi connectivity index (χ0) is 29.9. The SMILES string of the molecule is COc1ccc(CN2C(=O)CCN(c3cnn4ccc(CC5CCN(c6nccc(OC)n6)CC5)cc34)C2=O)c(OC)c1. The monoisotopic (exact) mass is 585 g/mol. The molecule has 6 rings (SSSR count). The number of rotatable bonds is 9. The Labute approximate surface area is 249 Å². The van der Waals surface area contributed by atoms with E-state index >= 15 is 0 Å². The number of amides is 3. The molecule has 3 amide bonds.